The molecule has 3 N–H and O–H groups in total. The van der Waals surface area contributed by atoms with Crippen LogP contribution in [-0.2, 0) is 4.79 Å². The van der Waals surface area contributed by atoms with Crippen LogP contribution in [0.2, 0.25) is 0 Å². The van der Waals surface area contributed by atoms with E-state index in [-0.39, 0.29) is 17.7 Å². The van der Waals surface area contributed by atoms with Crippen molar-refractivity contribution in [3.63, 3.8) is 0 Å². The Labute approximate surface area is 113 Å². The summed E-state index contributed by atoms with van der Waals surface area (Å²) in [7, 11) is 0. The molecule has 1 aliphatic rings. The number of hydrogen-bond donors (Lipinski definition) is 2. The van der Waals surface area contributed by atoms with Crippen LogP contribution in [0.5, 0.6) is 11.5 Å². The summed E-state index contributed by atoms with van der Waals surface area (Å²) < 4.78 is 10.9. The quantitative estimate of drug-likeness (QED) is 0.866. The van der Waals surface area contributed by atoms with Crippen molar-refractivity contribution in [3.05, 3.63) is 18.2 Å². The van der Waals surface area contributed by atoms with Crippen LogP contribution in [0.15, 0.2) is 18.2 Å². The van der Waals surface area contributed by atoms with Gasteiger partial charge in [0.25, 0.3) is 0 Å². The molecule has 1 aromatic carbocycles. The molecule has 0 aromatic heterocycles. The van der Waals surface area contributed by atoms with Crippen molar-refractivity contribution >= 4 is 11.6 Å². The lowest BCUT2D eigenvalue weighted by Crippen LogP contribution is -2.33. The van der Waals surface area contributed by atoms with Crippen LogP contribution in [0.1, 0.15) is 13.8 Å². The zero-order valence-corrected chi connectivity index (χ0v) is 11.3. The second-order valence-corrected chi connectivity index (χ2v) is 4.93. The summed E-state index contributed by atoms with van der Waals surface area (Å²) in [5.74, 6) is 1.34. The fourth-order valence-electron chi connectivity index (χ4n) is 2.04. The van der Waals surface area contributed by atoms with Gasteiger partial charge in [-0.05, 0) is 18.1 Å². The second-order valence-electron chi connectivity index (χ2n) is 4.93. The number of nitrogens with two attached hydrogens (primary N) is 1. The van der Waals surface area contributed by atoms with Gasteiger partial charge in [0.2, 0.25) is 5.91 Å². The molecule has 0 spiro atoms. The molecule has 1 aromatic rings. The van der Waals surface area contributed by atoms with Crippen molar-refractivity contribution < 1.29 is 14.3 Å². The fourth-order valence-corrected chi connectivity index (χ4v) is 2.04. The van der Waals surface area contributed by atoms with Gasteiger partial charge in [-0.2, -0.15) is 0 Å². The highest BCUT2D eigenvalue weighted by molar-refractivity contribution is 5.93. The number of ether oxygens (including phenoxy) is 2. The summed E-state index contributed by atoms with van der Waals surface area (Å²) in [6.07, 6.45) is 0. The molecule has 1 heterocycles. The Morgan fingerprint density at radius 2 is 2.00 bits per heavy atom. The van der Waals surface area contributed by atoms with Gasteiger partial charge in [-0.25, -0.2) is 0 Å². The van der Waals surface area contributed by atoms with Crippen molar-refractivity contribution in [1.82, 2.24) is 0 Å². The van der Waals surface area contributed by atoms with Crippen LogP contribution in [0, 0.1) is 11.8 Å². The van der Waals surface area contributed by atoms with E-state index in [1.54, 1.807) is 18.2 Å². The number of amides is 1. The third-order valence-corrected chi connectivity index (χ3v) is 3.21. The molecule has 0 aliphatic carbocycles. The monoisotopic (exact) mass is 264 g/mol. The lowest BCUT2D eigenvalue weighted by molar-refractivity contribution is -0.120. The molecule has 0 fully saturated rings. The molecule has 5 heteroatoms. The molecule has 0 radical (unpaired) electrons. The van der Waals surface area contributed by atoms with E-state index in [2.05, 4.69) is 5.32 Å². The molecule has 2 rings (SSSR count). The molecule has 1 atom stereocenters. The minimum atomic E-state index is -0.187. The van der Waals surface area contributed by atoms with Gasteiger partial charge in [-0.3, -0.25) is 4.79 Å². The minimum Gasteiger partial charge on any atom is -0.486 e. The predicted octanol–water partition coefficient (Wildman–Crippen LogP) is 1.63. The number of anilines is 1. The first-order chi connectivity index (χ1) is 9.11. The van der Waals surface area contributed by atoms with Crippen LogP contribution in [0.3, 0.4) is 0 Å². The number of fused-ring (bicyclic) bond motifs is 1. The molecule has 5 nitrogen and oxygen atoms in total. The molecule has 19 heavy (non-hydrogen) atoms. The number of hydrogen-bond acceptors (Lipinski definition) is 4. The lowest BCUT2D eigenvalue weighted by atomic mass is 9.95. The zero-order valence-electron chi connectivity index (χ0n) is 11.3. The summed E-state index contributed by atoms with van der Waals surface area (Å²) in [6, 6.07) is 5.39. The number of carbonyl (C=O) groups is 1. The number of benzene rings is 1. The van der Waals surface area contributed by atoms with E-state index in [0.29, 0.717) is 36.9 Å². The highest BCUT2D eigenvalue weighted by Crippen LogP contribution is 2.32. The fraction of sp³-hybridized carbons (Fsp3) is 0.500. The van der Waals surface area contributed by atoms with Crippen LogP contribution < -0.4 is 20.5 Å². The molecule has 1 amide bonds. The average Bonchev–Trinajstić information content (AvgIpc) is 2.39. The first kappa shape index (κ1) is 13.7. The van der Waals surface area contributed by atoms with Crippen LogP contribution in [0.25, 0.3) is 0 Å². The minimum absolute atomic E-state index is 0.0609. The Bertz CT molecular complexity index is 460. The first-order valence-corrected chi connectivity index (χ1v) is 6.52. The molecular formula is C14H20N2O3. The van der Waals surface area contributed by atoms with E-state index >= 15 is 0 Å². The van der Waals surface area contributed by atoms with Gasteiger partial charge >= 0.3 is 0 Å². The Morgan fingerprint density at radius 1 is 1.32 bits per heavy atom. The van der Waals surface area contributed by atoms with Crippen molar-refractivity contribution in [2.75, 3.05) is 25.1 Å². The van der Waals surface area contributed by atoms with E-state index in [1.165, 1.54) is 0 Å². The summed E-state index contributed by atoms with van der Waals surface area (Å²) in [5.41, 5.74) is 6.34. The Kier molecular flexibility index (Phi) is 4.27. The van der Waals surface area contributed by atoms with Crippen molar-refractivity contribution in [3.8, 4) is 11.5 Å². The number of rotatable bonds is 4. The van der Waals surface area contributed by atoms with Crippen molar-refractivity contribution in [2.24, 2.45) is 17.6 Å². The lowest BCUT2D eigenvalue weighted by Gasteiger charge is -2.21. The molecule has 0 saturated carbocycles. The highest BCUT2D eigenvalue weighted by atomic mass is 16.6. The largest absolute Gasteiger partial charge is 0.486 e. The van der Waals surface area contributed by atoms with Gasteiger partial charge < -0.3 is 20.5 Å². The molecule has 104 valence electrons. The van der Waals surface area contributed by atoms with Crippen molar-refractivity contribution in [1.29, 1.82) is 0 Å². The Balaban J connectivity index is 2.08. The summed E-state index contributed by atoms with van der Waals surface area (Å²) >= 11 is 0. The smallest absolute Gasteiger partial charge is 0.229 e. The maximum absolute atomic E-state index is 12.1. The van der Waals surface area contributed by atoms with E-state index in [0.717, 1.165) is 0 Å². The number of carbonyl (C=O) groups excluding carboxylic acids is 1. The predicted molar refractivity (Wildman–Crippen MR) is 73.4 cm³/mol. The third kappa shape index (κ3) is 3.17. The first-order valence-electron chi connectivity index (χ1n) is 6.52. The van der Waals surface area contributed by atoms with Crippen molar-refractivity contribution in [2.45, 2.75) is 13.8 Å². The van der Waals surface area contributed by atoms with Gasteiger partial charge in [-0.15, -0.1) is 0 Å². The van der Waals surface area contributed by atoms with Crippen LogP contribution in [0.4, 0.5) is 5.69 Å². The van der Waals surface area contributed by atoms with Crippen LogP contribution in [-0.4, -0.2) is 25.7 Å². The Morgan fingerprint density at radius 3 is 2.63 bits per heavy atom. The maximum atomic E-state index is 12.1. The zero-order chi connectivity index (χ0) is 13.8. The molecule has 0 saturated heterocycles. The van der Waals surface area contributed by atoms with Gasteiger partial charge in [0.05, 0.1) is 5.92 Å². The normalized spacial score (nSPS) is 15.2. The van der Waals surface area contributed by atoms with Gasteiger partial charge in [0.15, 0.2) is 11.5 Å². The molecule has 1 unspecified atom stereocenters. The summed E-state index contributed by atoms with van der Waals surface area (Å²) in [4.78, 5) is 12.1. The molecule has 0 bridgehead atoms. The summed E-state index contributed by atoms with van der Waals surface area (Å²) in [6.45, 7) is 5.40. The molecular weight excluding hydrogens is 244 g/mol. The number of nitrogens with one attached hydrogen (secondary N) is 1. The van der Waals surface area contributed by atoms with Gasteiger partial charge in [0.1, 0.15) is 13.2 Å². The Hall–Kier alpha value is -1.75. The standard InChI is InChI=1S/C14H20N2O3/c1-9(2)11(8-15)14(17)16-10-3-4-12-13(7-10)19-6-5-18-12/h3-4,7,9,11H,5-6,8,15H2,1-2H3,(H,16,17). The second kappa shape index (κ2) is 5.93. The maximum Gasteiger partial charge on any atom is 0.229 e. The average molecular weight is 264 g/mol. The molecule has 1 aliphatic heterocycles. The van der Waals surface area contributed by atoms with Gasteiger partial charge in [-0.1, -0.05) is 13.8 Å². The third-order valence-electron chi connectivity index (χ3n) is 3.21. The SMILES string of the molecule is CC(C)C(CN)C(=O)Nc1ccc2c(c1)OCCO2. The van der Waals surface area contributed by atoms with E-state index < -0.39 is 0 Å². The highest BCUT2D eigenvalue weighted by Gasteiger charge is 2.21. The van der Waals surface area contributed by atoms with E-state index in [4.69, 9.17) is 15.2 Å². The van der Waals surface area contributed by atoms with E-state index in [9.17, 15) is 4.79 Å². The van der Waals surface area contributed by atoms with Crippen LogP contribution >= 0.6 is 0 Å². The van der Waals surface area contributed by atoms with Gasteiger partial charge in [0, 0.05) is 18.3 Å². The topological polar surface area (TPSA) is 73.6 Å². The van der Waals surface area contributed by atoms with E-state index in [1.807, 2.05) is 13.8 Å². The summed E-state index contributed by atoms with van der Waals surface area (Å²) in [5, 5.41) is 2.87.